The molecule has 1 heterocycles. The second kappa shape index (κ2) is 5.99. The SMILES string of the molecule is NCCN1CCN(C(=O)c2cc(F)ccc2O)CC1. The third-order valence-electron chi connectivity index (χ3n) is 3.29. The highest BCUT2D eigenvalue weighted by Gasteiger charge is 2.23. The molecular formula is C13H18FN3O2. The Hall–Kier alpha value is -1.66. The zero-order valence-corrected chi connectivity index (χ0v) is 10.7. The van der Waals surface area contributed by atoms with Gasteiger partial charge in [0.1, 0.15) is 11.6 Å². The van der Waals surface area contributed by atoms with Gasteiger partial charge in [0.05, 0.1) is 5.56 Å². The number of nitrogens with two attached hydrogens (primary N) is 1. The van der Waals surface area contributed by atoms with Crippen LogP contribution in [0.3, 0.4) is 0 Å². The first-order valence-electron chi connectivity index (χ1n) is 6.32. The van der Waals surface area contributed by atoms with E-state index in [4.69, 9.17) is 5.73 Å². The highest BCUT2D eigenvalue weighted by Crippen LogP contribution is 2.20. The van der Waals surface area contributed by atoms with Gasteiger partial charge in [-0.3, -0.25) is 9.69 Å². The second-order valence-electron chi connectivity index (χ2n) is 4.58. The first-order valence-corrected chi connectivity index (χ1v) is 6.32. The fourth-order valence-electron chi connectivity index (χ4n) is 2.21. The molecule has 3 N–H and O–H groups in total. The van der Waals surface area contributed by atoms with E-state index in [1.807, 2.05) is 0 Å². The molecule has 104 valence electrons. The average molecular weight is 267 g/mol. The van der Waals surface area contributed by atoms with Crippen LogP contribution in [-0.4, -0.2) is 60.1 Å². The topological polar surface area (TPSA) is 69.8 Å². The molecule has 1 saturated heterocycles. The van der Waals surface area contributed by atoms with E-state index in [1.165, 1.54) is 6.07 Å². The van der Waals surface area contributed by atoms with Crippen molar-refractivity contribution in [2.24, 2.45) is 5.73 Å². The highest BCUT2D eigenvalue weighted by molar-refractivity contribution is 5.96. The predicted molar refractivity (Wildman–Crippen MR) is 69.5 cm³/mol. The quantitative estimate of drug-likeness (QED) is 0.823. The summed E-state index contributed by atoms with van der Waals surface area (Å²) in [5.41, 5.74) is 5.51. The van der Waals surface area contributed by atoms with E-state index in [9.17, 15) is 14.3 Å². The van der Waals surface area contributed by atoms with Gasteiger partial charge in [-0.25, -0.2) is 4.39 Å². The molecule has 1 aliphatic heterocycles. The van der Waals surface area contributed by atoms with Crippen molar-refractivity contribution in [1.29, 1.82) is 0 Å². The van der Waals surface area contributed by atoms with E-state index in [1.54, 1.807) is 4.90 Å². The molecule has 0 atom stereocenters. The lowest BCUT2D eigenvalue weighted by Gasteiger charge is -2.34. The van der Waals surface area contributed by atoms with Gasteiger partial charge in [-0.15, -0.1) is 0 Å². The summed E-state index contributed by atoms with van der Waals surface area (Å²) in [7, 11) is 0. The fraction of sp³-hybridized carbons (Fsp3) is 0.462. The maximum absolute atomic E-state index is 13.1. The number of hydrogen-bond donors (Lipinski definition) is 2. The second-order valence-corrected chi connectivity index (χ2v) is 4.58. The number of carbonyl (C=O) groups is 1. The summed E-state index contributed by atoms with van der Waals surface area (Å²) in [6.07, 6.45) is 0. The lowest BCUT2D eigenvalue weighted by molar-refractivity contribution is 0.0637. The Morgan fingerprint density at radius 3 is 2.63 bits per heavy atom. The highest BCUT2D eigenvalue weighted by atomic mass is 19.1. The van der Waals surface area contributed by atoms with Crippen LogP contribution in [0, 0.1) is 5.82 Å². The normalized spacial score (nSPS) is 16.6. The smallest absolute Gasteiger partial charge is 0.257 e. The van der Waals surface area contributed by atoms with Gasteiger partial charge in [0, 0.05) is 39.3 Å². The van der Waals surface area contributed by atoms with Gasteiger partial charge in [0.15, 0.2) is 0 Å². The van der Waals surface area contributed by atoms with E-state index >= 15 is 0 Å². The number of piperazine rings is 1. The molecule has 0 aromatic heterocycles. The lowest BCUT2D eigenvalue weighted by atomic mass is 10.1. The largest absolute Gasteiger partial charge is 0.507 e. The number of rotatable bonds is 3. The van der Waals surface area contributed by atoms with Crippen molar-refractivity contribution in [3.8, 4) is 5.75 Å². The van der Waals surface area contributed by atoms with E-state index in [0.29, 0.717) is 19.6 Å². The molecule has 0 radical (unpaired) electrons. The Morgan fingerprint density at radius 1 is 1.32 bits per heavy atom. The van der Waals surface area contributed by atoms with Crippen LogP contribution >= 0.6 is 0 Å². The number of aromatic hydroxyl groups is 1. The summed E-state index contributed by atoms with van der Waals surface area (Å²) in [6, 6.07) is 3.41. The number of nitrogens with zero attached hydrogens (tertiary/aromatic N) is 2. The summed E-state index contributed by atoms with van der Waals surface area (Å²) in [4.78, 5) is 16.0. The zero-order chi connectivity index (χ0) is 13.8. The summed E-state index contributed by atoms with van der Waals surface area (Å²) < 4.78 is 13.1. The van der Waals surface area contributed by atoms with Crippen molar-refractivity contribution in [1.82, 2.24) is 9.80 Å². The molecule has 0 spiro atoms. The van der Waals surface area contributed by atoms with Crippen LogP contribution in [-0.2, 0) is 0 Å². The molecule has 1 fully saturated rings. The van der Waals surface area contributed by atoms with Gasteiger partial charge >= 0.3 is 0 Å². The molecule has 1 aromatic carbocycles. The van der Waals surface area contributed by atoms with Gasteiger partial charge < -0.3 is 15.7 Å². The van der Waals surface area contributed by atoms with Crippen molar-refractivity contribution in [3.63, 3.8) is 0 Å². The minimum Gasteiger partial charge on any atom is -0.507 e. The predicted octanol–water partition coefficient (Wildman–Crippen LogP) is 0.248. The third kappa shape index (κ3) is 3.21. The van der Waals surface area contributed by atoms with Gasteiger partial charge in [-0.05, 0) is 18.2 Å². The van der Waals surface area contributed by atoms with Crippen LogP contribution in [0.25, 0.3) is 0 Å². The standard InChI is InChI=1S/C13H18FN3O2/c14-10-1-2-12(18)11(9-10)13(19)17-7-5-16(4-3-15)6-8-17/h1-2,9,18H,3-8,15H2. The maximum Gasteiger partial charge on any atom is 0.257 e. The van der Waals surface area contributed by atoms with Crippen LogP contribution in [0.15, 0.2) is 18.2 Å². The van der Waals surface area contributed by atoms with Crippen LogP contribution < -0.4 is 5.73 Å². The fourth-order valence-corrected chi connectivity index (χ4v) is 2.21. The number of carbonyl (C=O) groups excluding carboxylic acids is 1. The Kier molecular flexibility index (Phi) is 4.34. The third-order valence-corrected chi connectivity index (χ3v) is 3.29. The number of benzene rings is 1. The van der Waals surface area contributed by atoms with Crippen LogP contribution in [0.1, 0.15) is 10.4 Å². The average Bonchev–Trinajstić information content (AvgIpc) is 2.42. The molecule has 1 aliphatic rings. The summed E-state index contributed by atoms with van der Waals surface area (Å²) in [5, 5.41) is 9.63. The van der Waals surface area contributed by atoms with E-state index in [2.05, 4.69) is 4.90 Å². The van der Waals surface area contributed by atoms with Gasteiger partial charge in [-0.1, -0.05) is 0 Å². The Bertz CT molecular complexity index is 459. The Balaban J connectivity index is 2.03. The summed E-state index contributed by atoms with van der Waals surface area (Å²) >= 11 is 0. The van der Waals surface area contributed by atoms with Gasteiger partial charge in [0.25, 0.3) is 5.91 Å². The maximum atomic E-state index is 13.1. The van der Waals surface area contributed by atoms with Crippen LogP contribution in [0.2, 0.25) is 0 Å². The van der Waals surface area contributed by atoms with Gasteiger partial charge in [0.2, 0.25) is 0 Å². The molecule has 19 heavy (non-hydrogen) atoms. The number of halogens is 1. The van der Waals surface area contributed by atoms with E-state index < -0.39 is 5.82 Å². The first-order chi connectivity index (χ1) is 9.11. The van der Waals surface area contributed by atoms with Crippen molar-refractivity contribution < 1.29 is 14.3 Å². The monoisotopic (exact) mass is 267 g/mol. The molecule has 0 bridgehead atoms. The number of phenols is 1. The number of phenolic OH excluding ortho intramolecular Hbond substituents is 1. The molecule has 2 rings (SSSR count). The molecule has 0 aliphatic carbocycles. The zero-order valence-electron chi connectivity index (χ0n) is 10.7. The van der Waals surface area contributed by atoms with E-state index in [-0.39, 0.29) is 17.2 Å². The summed E-state index contributed by atoms with van der Waals surface area (Å²) in [6.45, 7) is 4.04. The van der Waals surface area contributed by atoms with Crippen molar-refractivity contribution >= 4 is 5.91 Å². The molecule has 5 nitrogen and oxygen atoms in total. The van der Waals surface area contributed by atoms with E-state index in [0.717, 1.165) is 31.8 Å². The van der Waals surface area contributed by atoms with Crippen molar-refractivity contribution in [3.05, 3.63) is 29.6 Å². The van der Waals surface area contributed by atoms with Crippen LogP contribution in [0.4, 0.5) is 4.39 Å². The minimum absolute atomic E-state index is 0.0206. The summed E-state index contributed by atoms with van der Waals surface area (Å²) in [5.74, 6) is -1.04. The van der Waals surface area contributed by atoms with Crippen LogP contribution in [0.5, 0.6) is 5.75 Å². The molecule has 1 amide bonds. The number of hydrogen-bond acceptors (Lipinski definition) is 4. The number of amides is 1. The Morgan fingerprint density at radius 2 is 2.00 bits per heavy atom. The molecule has 6 heteroatoms. The lowest BCUT2D eigenvalue weighted by Crippen LogP contribution is -2.49. The Labute approximate surface area is 111 Å². The molecule has 0 saturated carbocycles. The molecule has 0 unspecified atom stereocenters. The van der Waals surface area contributed by atoms with Gasteiger partial charge in [-0.2, -0.15) is 0 Å². The molecule has 1 aromatic rings. The minimum atomic E-state index is -0.525. The van der Waals surface area contributed by atoms with Crippen molar-refractivity contribution in [2.45, 2.75) is 0 Å². The first kappa shape index (κ1) is 13.8. The van der Waals surface area contributed by atoms with Crippen molar-refractivity contribution in [2.75, 3.05) is 39.3 Å². The molecular weight excluding hydrogens is 249 g/mol.